The van der Waals surface area contributed by atoms with Crippen LogP contribution in [0.3, 0.4) is 0 Å². The summed E-state index contributed by atoms with van der Waals surface area (Å²) in [5.74, 6) is 5.60. The zero-order chi connectivity index (χ0) is 17.6. The maximum Gasteiger partial charge on any atom is 0.235 e. The molecule has 0 aliphatic heterocycles. The van der Waals surface area contributed by atoms with Gasteiger partial charge in [-0.3, -0.25) is 20.9 Å². The van der Waals surface area contributed by atoms with Gasteiger partial charge in [-0.15, -0.1) is 0 Å². The van der Waals surface area contributed by atoms with Crippen LogP contribution in [0, 0.1) is 0 Å². The summed E-state index contributed by atoms with van der Waals surface area (Å²) >= 11 is 0. The molecule has 0 saturated carbocycles. The fourth-order valence-corrected chi connectivity index (χ4v) is 1.76. The maximum absolute atomic E-state index is 11.3. The lowest BCUT2D eigenvalue weighted by molar-refractivity contribution is -0.122. The van der Waals surface area contributed by atoms with E-state index in [4.69, 9.17) is 20.1 Å². The second-order valence-corrected chi connectivity index (χ2v) is 5.02. The van der Waals surface area contributed by atoms with Crippen LogP contribution in [0.25, 0.3) is 0 Å². The molecule has 1 amide bonds. The first-order valence-electron chi connectivity index (χ1n) is 7.68. The van der Waals surface area contributed by atoms with E-state index in [1.165, 1.54) is 6.92 Å². The second kappa shape index (κ2) is 12.4. The van der Waals surface area contributed by atoms with Gasteiger partial charge >= 0.3 is 0 Å². The molecule has 0 atom stereocenters. The third-order valence-electron chi connectivity index (χ3n) is 2.82. The molecule has 1 rings (SSSR count). The van der Waals surface area contributed by atoms with Crippen molar-refractivity contribution in [2.24, 2.45) is 5.84 Å². The van der Waals surface area contributed by atoms with E-state index in [1.807, 2.05) is 24.3 Å². The predicted molar refractivity (Wildman–Crippen MR) is 88.3 cm³/mol. The minimum Gasteiger partial charge on any atom is -0.491 e. The topological polar surface area (TPSA) is 112 Å². The number of nitrogens with two attached hydrogens (primary N) is 1. The lowest BCUT2D eigenvalue weighted by Crippen LogP contribution is -2.36. The van der Waals surface area contributed by atoms with E-state index >= 15 is 0 Å². The molecule has 0 unspecified atom stereocenters. The number of hydrogen-bond donors (Lipinski definition) is 3. The van der Waals surface area contributed by atoms with Crippen LogP contribution in [0.4, 0.5) is 0 Å². The zero-order valence-electron chi connectivity index (χ0n) is 13.9. The van der Waals surface area contributed by atoms with Gasteiger partial charge in [0.2, 0.25) is 5.91 Å². The molecule has 24 heavy (non-hydrogen) atoms. The highest BCUT2D eigenvalue weighted by molar-refractivity contribution is 5.77. The molecular weight excluding hydrogens is 314 g/mol. The SMILES string of the molecule is CC(=O)COCCOCCOc1cccc(CNC(=O)CNN)c1. The summed E-state index contributed by atoms with van der Waals surface area (Å²) in [5, 5.41) is 2.73. The first-order valence-corrected chi connectivity index (χ1v) is 7.68. The number of rotatable bonds is 13. The minimum absolute atomic E-state index is 0.00584. The molecule has 0 aliphatic rings. The van der Waals surface area contributed by atoms with Crippen LogP contribution in [0.5, 0.6) is 5.75 Å². The highest BCUT2D eigenvalue weighted by atomic mass is 16.5. The molecule has 0 spiro atoms. The first kappa shape index (κ1) is 20.0. The summed E-state index contributed by atoms with van der Waals surface area (Å²) in [6.45, 7) is 3.69. The van der Waals surface area contributed by atoms with E-state index in [9.17, 15) is 9.59 Å². The molecule has 4 N–H and O–H groups in total. The van der Waals surface area contributed by atoms with E-state index in [2.05, 4.69) is 10.7 Å². The second-order valence-electron chi connectivity index (χ2n) is 5.02. The number of hydrogen-bond acceptors (Lipinski definition) is 7. The number of Topliss-reactive ketones (excluding diaryl/α,β-unsaturated/α-hetero) is 1. The Bertz CT molecular complexity index is 510. The van der Waals surface area contributed by atoms with Crippen LogP contribution < -0.4 is 21.3 Å². The van der Waals surface area contributed by atoms with E-state index in [1.54, 1.807) is 0 Å². The van der Waals surface area contributed by atoms with Crippen molar-refractivity contribution >= 4 is 11.7 Å². The Balaban J connectivity index is 2.16. The van der Waals surface area contributed by atoms with Crippen molar-refractivity contribution in [2.75, 3.05) is 39.6 Å². The smallest absolute Gasteiger partial charge is 0.235 e. The highest BCUT2D eigenvalue weighted by Crippen LogP contribution is 2.13. The summed E-state index contributed by atoms with van der Waals surface area (Å²) in [6, 6.07) is 7.44. The van der Waals surface area contributed by atoms with Crippen molar-refractivity contribution in [3.8, 4) is 5.75 Å². The third kappa shape index (κ3) is 9.90. The van der Waals surface area contributed by atoms with Gasteiger partial charge in [-0.05, 0) is 24.6 Å². The average Bonchev–Trinajstić information content (AvgIpc) is 2.56. The Labute approximate surface area is 141 Å². The van der Waals surface area contributed by atoms with Gasteiger partial charge < -0.3 is 19.5 Å². The zero-order valence-corrected chi connectivity index (χ0v) is 13.9. The Morgan fingerprint density at radius 3 is 2.62 bits per heavy atom. The summed E-state index contributed by atoms with van der Waals surface area (Å²) in [7, 11) is 0. The van der Waals surface area contributed by atoms with Crippen molar-refractivity contribution in [3.05, 3.63) is 29.8 Å². The van der Waals surface area contributed by atoms with Crippen molar-refractivity contribution in [3.63, 3.8) is 0 Å². The standard InChI is InChI=1S/C16H25N3O5/c1-13(20)12-23-6-5-22-7-8-24-15-4-2-3-14(9-15)10-18-16(21)11-19-17/h2-4,9,19H,5-8,10-12,17H2,1H3,(H,18,21). The number of hydrazine groups is 1. The predicted octanol–water partition coefficient (Wildman–Crippen LogP) is -0.233. The van der Waals surface area contributed by atoms with E-state index < -0.39 is 0 Å². The van der Waals surface area contributed by atoms with Gasteiger partial charge in [0.05, 0.1) is 26.4 Å². The lowest BCUT2D eigenvalue weighted by atomic mass is 10.2. The van der Waals surface area contributed by atoms with Gasteiger partial charge in [0, 0.05) is 6.54 Å². The minimum atomic E-state index is -0.177. The van der Waals surface area contributed by atoms with Crippen molar-refractivity contribution in [1.82, 2.24) is 10.7 Å². The highest BCUT2D eigenvalue weighted by Gasteiger charge is 2.01. The molecule has 0 aromatic heterocycles. The summed E-state index contributed by atoms with van der Waals surface area (Å²) in [5.41, 5.74) is 3.22. The molecule has 1 aromatic rings. The fraction of sp³-hybridized carbons (Fsp3) is 0.500. The number of amides is 1. The number of nitrogens with one attached hydrogen (secondary N) is 2. The van der Waals surface area contributed by atoms with E-state index in [0.717, 1.165) is 5.56 Å². The number of carbonyl (C=O) groups excluding carboxylic acids is 2. The Kier molecular flexibility index (Phi) is 10.4. The number of benzene rings is 1. The van der Waals surface area contributed by atoms with Crippen molar-refractivity contribution in [1.29, 1.82) is 0 Å². The van der Waals surface area contributed by atoms with E-state index in [-0.39, 0.29) is 24.8 Å². The van der Waals surface area contributed by atoms with Crippen molar-refractivity contribution < 1.29 is 23.8 Å². The summed E-state index contributed by atoms with van der Waals surface area (Å²) in [4.78, 5) is 22.0. The monoisotopic (exact) mass is 339 g/mol. The normalized spacial score (nSPS) is 10.4. The Morgan fingerprint density at radius 1 is 1.12 bits per heavy atom. The van der Waals surface area contributed by atoms with Gasteiger partial charge in [0.25, 0.3) is 0 Å². The largest absolute Gasteiger partial charge is 0.491 e. The molecule has 8 nitrogen and oxygen atoms in total. The third-order valence-corrected chi connectivity index (χ3v) is 2.82. The molecule has 8 heteroatoms. The molecule has 134 valence electrons. The molecular formula is C16H25N3O5. The maximum atomic E-state index is 11.3. The lowest BCUT2D eigenvalue weighted by Gasteiger charge is -2.09. The van der Waals surface area contributed by atoms with Crippen LogP contribution in [0.1, 0.15) is 12.5 Å². The molecule has 1 aromatic carbocycles. The number of ether oxygens (including phenoxy) is 3. The van der Waals surface area contributed by atoms with Gasteiger partial charge in [-0.1, -0.05) is 12.1 Å². The van der Waals surface area contributed by atoms with Gasteiger partial charge in [0.15, 0.2) is 5.78 Å². The summed E-state index contributed by atoms with van der Waals surface area (Å²) < 4.78 is 16.0. The van der Waals surface area contributed by atoms with Crippen molar-refractivity contribution in [2.45, 2.75) is 13.5 Å². The number of ketones is 1. The molecule has 0 radical (unpaired) electrons. The molecule has 0 saturated heterocycles. The Hall–Kier alpha value is -2.00. The number of carbonyl (C=O) groups is 2. The first-order chi connectivity index (χ1) is 11.6. The van der Waals surface area contributed by atoms with Gasteiger partial charge in [-0.2, -0.15) is 0 Å². The van der Waals surface area contributed by atoms with Crippen LogP contribution in [-0.2, 0) is 25.6 Å². The van der Waals surface area contributed by atoms with Crippen LogP contribution in [0.15, 0.2) is 24.3 Å². The fourth-order valence-electron chi connectivity index (χ4n) is 1.76. The van der Waals surface area contributed by atoms with Gasteiger partial charge in [-0.25, -0.2) is 0 Å². The van der Waals surface area contributed by atoms with E-state index in [0.29, 0.717) is 38.7 Å². The Morgan fingerprint density at radius 2 is 1.88 bits per heavy atom. The van der Waals surface area contributed by atoms with Crippen LogP contribution in [0.2, 0.25) is 0 Å². The average molecular weight is 339 g/mol. The molecule has 0 bridgehead atoms. The molecule has 0 aliphatic carbocycles. The molecule has 0 fully saturated rings. The van der Waals surface area contributed by atoms with Crippen LogP contribution >= 0.6 is 0 Å². The quantitative estimate of drug-likeness (QED) is 0.258. The summed E-state index contributed by atoms with van der Waals surface area (Å²) in [6.07, 6.45) is 0. The molecule has 0 heterocycles. The van der Waals surface area contributed by atoms with Crippen LogP contribution in [-0.4, -0.2) is 51.3 Å². The van der Waals surface area contributed by atoms with Gasteiger partial charge in [0.1, 0.15) is 19.0 Å².